The van der Waals surface area contributed by atoms with Gasteiger partial charge in [0.1, 0.15) is 17.6 Å². The van der Waals surface area contributed by atoms with Crippen molar-refractivity contribution in [3.8, 4) is 0 Å². The maximum atomic E-state index is 12.0. The molecule has 1 atom stereocenters. The molecular formula is C17H18N2O3. The second kappa shape index (κ2) is 6.07. The van der Waals surface area contributed by atoms with Crippen LogP contribution >= 0.6 is 0 Å². The second-order valence-corrected chi connectivity index (χ2v) is 5.39. The molecule has 0 unspecified atom stereocenters. The van der Waals surface area contributed by atoms with Gasteiger partial charge in [0.25, 0.3) is 5.91 Å². The molecule has 2 heterocycles. The Balaban J connectivity index is 1.76. The average Bonchev–Trinajstić information content (AvgIpc) is 3.16. The number of nitrogens with zero attached hydrogens (tertiary/aromatic N) is 1. The van der Waals surface area contributed by atoms with Crippen molar-refractivity contribution in [1.82, 2.24) is 10.2 Å². The zero-order chi connectivity index (χ0) is 15.5. The largest absolute Gasteiger partial charge is 0.472 e. The van der Waals surface area contributed by atoms with E-state index in [1.54, 1.807) is 6.07 Å². The van der Waals surface area contributed by atoms with Crippen molar-refractivity contribution in [2.75, 3.05) is 20.6 Å². The van der Waals surface area contributed by atoms with Crippen molar-refractivity contribution in [2.24, 2.45) is 0 Å². The van der Waals surface area contributed by atoms with Gasteiger partial charge in [0.15, 0.2) is 0 Å². The van der Waals surface area contributed by atoms with E-state index in [9.17, 15) is 4.79 Å². The van der Waals surface area contributed by atoms with Crippen LogP contribution in [0.1, 0.15) is 22.2 Å². The van der Waals surface area contributed by atoms with E-state index in [0.717, 1.165) is 16.7 Å². The lowest BCUT2D eigenvalue weighted by Gasteiger charge is -2.22. The molecule has 0 spiro atoms. The summed E-state index contributed by atoms with van der Waals surface area (Å²) >= 11 is 0. The summed E-state index contributed by atoms with van der Waals surface area (Å²) in [5.41, 5.74) is 1.37. The number of fused-ring (bicyclic) bond motifs is 1. The van der Waals surface area contributed by atoms with Crippen LogP contribution in [0.3, 0.4) is 0 Å². The monoisotopic (exact) mass is 298 g/mol. The first-order chi connectivity index (χ1) is 10.6. The number of likely N-dealkylation sites (N-methyl/N-ethyl adjacent to an activating group) is 1. The summed E-state index contributed by atoms with van der Waals surface area (Å²) in [5.74, 6) is 0.676. The lowest BCUT2D eigenvalue weighted by molar-refractivity contribution is 0.0938. The van der Waals surface area contributed by atoms with Crippen molar-refractivity contribution in [1.29, 1.82) is 0 Å². The van der Waals surface area contributed by atoms with Gasteiger partial charge in [-0.25, -0.2) is 0 Å². The smallest absolute Gasteiger partial charge is 0.254 e. The summed E-state index contributed by atoms with van der Waals surface area (Å²) < 4.78 is 10.8. The molecule has 5 nitrogen and oxygen atoms in total. The molecule has 0 bridgehead atoms. The van der Waals surface area contributed by atoms with Gasteiger partial charge in [0, 0.05) is 11.9 Å². The highest BCUT2D eigenvalue weighted by Gasteiger charge is 2.20. The number of amides is 1. The summed E-state index contributed by atoms with van der Waals surface area (Å²) in [7, 11) is 3.92. The van der Waals surface area contributed by atoms with E-state index in [1.165, 1.54) is 12.5 Å². The number of furan rings is 2. The van der Waals surface area contributed by atoms with Gasteiger partial charge in [0.2, 0.25) is 0 Å². The minimum absolute atomic E-state index is 0.0387. The van der Waals surface area contributed by atoms with Crippen molar-refractivity contribution < 1.29 is 13.6 Å². The summed E-state index contributed by atoms with van der Waals surface area (Å²) in [6.07, 6.45) is 2.92. The molecule has 5 heteroatoms. The van der Waals surface area contributed by atoms with Crippen LogP contribution in [0.4, 0.5) is 0 Å². The molecule has 114 valence electrons. The van der Waals surface area contributed by atoms with Crippen molar-refractivity contribution in [2.45, 2.75) is 6.04 Å². The lowest BCUT2D eigenvalue weighted by atomic mass is 10.1. The van der Waals surface area contributed by atoms with Gasteiger partial charge in [0.05, 0.1) is 17.9 Å². The minimum atomic E-state index is -0.156. The number of hydrogen-bond acceptors (Lipinski definition) is 4. The Hall–Kier alpha value is -2.53. The maximum Gasteiger partial charge on any atom is 0.254 e. The Labute approximate surface area is 128 Å². The molecule has 3 rings (SSSR count). The normalized spacial score (nSPS) is 12.7. The van der Waals surface area contributed by atoms with Gasteiger partial charge < -0.3 is 14.2 Å². The van der Waals surface area contributed by atoms with Crippen LogP contribution in [0.5, 0.6) is 0 Å². The molecule has 1 N–H and O–H groups in total. The van der Waals surface area contributed by atoms with Crippen molar-refractivity contribution in [3.63, 3.8) is 0 Å². The predicted octanol–water partition coefficient (Wildman–Crippen LogP) is 3.06. The van der Waals surface area contributed by atoms with Crippen LogP contribution < -0.4 is 5.32 Å². The standard InChI is InChI=1S/C17H18N2O3/c1-19(2)14(10-18-17(20)13-7-8-21-11-13)16-9-12-5-3-4-6-15(12)22-16/h3-9,11,14H,10H2,1-2H3,(H,18,20)/t14-/m1/s1. The lowest BCUT2D eigenvalue weighted by Crippen LogP contribution is -2.34. The summed E-state index contributed by atoms with van der Waals surface area (Å²) in [5, 5.41) is 3.97. The van der Waals surface area contributed by atoms with E-state index in [1.807, 2.05) is 49.3 Å². The Kier molecular flexibility index (Phi) is 3.98. The molecular weight excluding hydrogens is 280 g/mol. The fourth-order valence-electron chi connectivity index (χ4n) is 2.39. The van der Waals surface area contributed by atoms with Crippen LogP contribution in [0.25, 0.3) is 11.0 Å². The zero-order valence-electron chi connectivity index (χ0n) is 12.6. The quantitative estimate of drug-likeness (QED) is 0.786. The molecule has 2 aromatic heterocycles. The van der Waals surface area contributed by atoms with Crippen LogP contribution in [0.15, 0.2) is 57.8 Å². The number of benzene rings is 1. The third-order valence-electron chi connectivity index (χ3n) is 3.64. The molecule has 1 amide bonds. The van der Waals surface area contributed by atoms with E-state index in [0.29, 0.717) is 12.1 Å². The maximum absolute atomic E-state index is 12.0. The van der Waals surface area contributed by atoms with Crippen LogP contribution in [-0.4, -0.2) is 31.4 Å². The third-order valence-corrected chi connectivity index (χ3v) is 3.64. The molecule has 3 aromatic rings. The first-order valence-electron chi connectivity index (χ1n) is 7.10. The first kappa shape index (κ1) is 14.4. The number of carbonyl (C=O) groups is 1. The molecule has 0 saturated heterocycles. The van der Waals surface area contributed by atoms with Gasteiger partial charge in [-0.3, -0.25) is 9.69 Å². The summed E-state index contributed by atoms with van der Waals surface area (Å²) in [6, 6.07) is 11.5. The highest BCUT2D eigenvalue weighted by Crippen LogP contribution is 2.26. The average molecular weight is 298 g/mol. The van der Waals surface area contributed by atoms with Gasteiger partial charge in [-0.05, 0) is 32.3 Å². The Morgan fingerprint density at radius 3 is 2.77 bits per heavy atom. The van der Waals surface area contributed by atoms with Crippen LogP contribution in [0, 0.1) is 0 Å². The zero-order valence-corrected chi connectivity index (χ0v) is 12.6. The topological polar surface area (TPSA) is 58.6 Å². The first-order valence-corrected chi connectivity index (χ1v) is 7.10. The molecule has 0 saturated carbocycles. The van der Waals surface area contributed by atoms with Gasteiger partial charge in [-0.1, -0.05) is 18.2 Å². The molecule has 0 aliphatic heterocycles. The summed E-state index contributed by atoms with van der Waals surface area (Å²) in [6.45, 7) is 0.455. The molecule has 0 radical (unpaired) electrons. The highest BCUT2D eigenvalue weighted by atomic mass is 16.3. The summed E-state index contributed by atoms with van der Waals surface area (Å²) in [4.78, 5) is 14.0. The molecule has 0 aliphatic rings. The Morgan fingerprint density at radius 2 is 2.09 bits per heavy atom. The predicted molar refractivity (Wildman–Crippen MR) is 83.7 cm³/mol. The minimum Gasteiger partial charge on any atom is -0.472 e. The van der Waals surface area contributed by atoms with E-state index in [2.05, 4.69) is 5.32 Å². The van der Waals surface area contributed by atoms with E-state index >= 15 is 0 Å². The van der Waals surface area contributed by atoms with Crippen LogP contribution in [0.2, 0.25) is 0 Å². The Morgan fingerprint density at radius 1 is 1.27 bits per heavy atom. The third kappa shape index (κ3) is 2.89. The van der Waals surface area contributed by atoms with Gasteiger partial charge in [-0.15, -0.1) is 0 Å². The Bertz CT molecular complexity index is 726. The van der Waals surface area contributed by atoms with Gasteiger partial charge in [-0.2, -0.15) is 0 Å². The van der Waals surface area contributed by atoms with Gasteiger partial charge >= 0.3 is 0 Å². The highest BCUT2D eigenvalue weighted by molar-refractivity contribution is 5.93. The fourth-order valence-corrected chi connectivity index (χ4v) is 2.39. The SMILES string of the molecule is CN(C)[C@H](CNC(=O)c1ccoc1)c1cc2ccccc2o1. The number of para-hydroxylation sites is 1. The number of hydrogen-bond donors (Lipinski definition) is 1. The van der Waals surface area contributed by atoms with E-state index < -0.39 is 0 Å². The molecule has 1 aromatic carbocycles. The molecule has 22 heavy (non-hydrogen) atoms. The van der Waals surface area contributed by atoms with Crippen molar-refractivity contribution >= 4 is 16.9 Å². The molecule has 0 fully saturated rings. The van der Waals surface area contributed by atoms with E-state index in [4.69, 9.17) is 8.83 Å². The molecule has 0 aliphatic carbocycles. The number of carbonyl (C=O) groups excluding carboxylic acids is 1. The number of nitrogens with one attached hydrogen (secondary N) is 1. The van der Waals surface area contributed by atoms with Crippen molar-refractivity contribution in [3.05, 3.63) is 60.2 Å². The number of rotatable bonds is 5. The second-order valence-electron chi connectivity index (χ2n) is 5.39. The van der Waals surface area contributed by atoms with E-state index in [-0.39, 0.29) is 11.9 Å². The fraction of sp³-hybridized carbons (Fsp3) is 0.235. The van der Waals surface area contributed by atoms with Crippen LogP contribution in [-0.2, 0) is 0 Å².